The van der Waals surface area contributed by atoms with Crippen LogP contribution in [0.25, 0.3) is 0 Å². The van der Waals surface area contributed by atoms with Gasteiger partial charge in [-0.25, -0.2) is 8.42 Å². The molecule has 0 saturated carbocycles. The van der Waals surface area contributed by atoms with Gasteiger partial charge in [-0.3, -0.25) is 9.71 Å². The number of sulfonamides is 1. The second-order valence-electron chi connectivity index (χ2n) is 5.73. The number of anilines is 1. The molecule has 0 aliphatic carbocycles. The predicted molar refractivity (Wildman–Crippen MR) is 119 cm³/mol. The summed E-state index contributed by atoms with van der Waals surface area (Å²) < 4.78 is 25.5. The molecule has 0 radical (unpaired) electrons. The molecule has 0 aromatic heterocycles. The standard InChI is InChI=1S/C18H24N4O2S.HI/c1-14(15-9-5-4-6-10-15)21-18(19-2)20-13-16-11-7-8-12-17(16)22-25(3,23)24;/h4-12,14,22H,13H2,1-3H3,(H2,19,20,21);1H. The van der Waals surface area contributed by atoms with Crippen LogP contribution in [0.15, 0.2) is 59.6 Å². The van der Waals surface area contributed by atoms with Gasteiger partial charge in [0, 0.05) is 13.6 Å². The van der Waals surface area contributed by atoms with Crippen LogP contribution >= 0.6 is 24.0 Å². The van der Waals surface area contributed by atoms with Gasteiger partial charge in [0.15, 0.2) is 5.96 Å². The first-order valence-corrected chi connectivity index (χ1v) is 9.86. The van der Waals surface area contributed by atoms with Gasteiger partial charge < -0.3 is 10.6 Å². The number of rotatable bonds is 6. The fraction of sp³-hybridized carbons (Fsp3) is 0.278. The predicted octanol–water partition coefficient (Wildman–Crippen LogP) is 3.10. The lowest BCUT2D eigenvalue weighted by Crippen LogP contribution is -2.38. The van der Waals surface area contributed by atoms with Crippen LogP contribution in [0.3, 0.4) is 0 Å². The number of benzene rings is 2. The Balaban J connectivity index is 0.00000338. The molecular formula is C18H25IN4O2S. The number of nitrogens with zero attached hydrogens (tertiary/aromatic N) is 1. The molecule has 0 spiro atoms. The van der Waals surface area contributed by atoms with Gasteiger partial charge in [-0.2, -0.15) is 0 Å². The molecule has 1 atom stereocenters. The van der Waals surface area contributed by atoms with Crippen molar-refractivity contribution in [2.24, 2.45) is 4.99 Å². The molecule has 0 amide bonds. The van der Waals surface area contributed by atoms with Gasteiger partial charge in [-0.1, -0.05) is 48.5 Å². The molecule has 2 rings (SSSR count). The van der Waals surface area contributed by atoms with E-state index in [1.807, 2.05) is 30.3 Å². The molecule has 0 bridgehead atoms. The maximum Gasteiger partial charge on any atom is 0.229 e. The molecule has 8 heteroatoms. The van der Waals surface area contributed by atoms with Gasteiger partial charge in [0.1, 0.15) is 0 Å². The molecule has 0 aliphatic heterocycles. The Hall–Kier alpha value is -1.81. The number of para-hydroxylation sites is 1. The van der Waals surface area contributed by atoms with E-state index >= 15 is 0 Å². The summed E-state index contributed by atoms with van der Waals surface area (Å²) in [7, 11) is -1.62. The molecule has 6 nitrogen and oxygen atoms in total. The lowest BCUT2D eigenvalue weighted by atomic mass is 10.1. The SMILES string of the molecule is CN=C(NCc1ccccc1NS(C)(=O)=O)NC(C)c1ccccc1.I. The fourth-order valence-electron chi connectivity index (χ4n) is 2.38. The van der Waals surface area contributed by atoms with E-state index in [0.717, 1.165) is 17.4 Å². The normalized spacial score (nSPS) is 12.7. The van der Waals surface area contributed by atoms with Gasteiger partial charge in [0.25, 0.3) is 0 Å². The van der Waals surface area contributed by atoms with E-state index in [9.17, 15) is 8.42 Å². The molecule has 2 aromatic rings. The van der Waals surface area contributed by atoms with Crippen molar-refractivity contribution in [1.29, 1.82) is 0 Å². The van der Waals surface area contributed by atoms with Crippen molar-refractivity contribution < 1.29 is 8.42 Å². The van der Waals surface area contributed by atoms with E-state index in [2.05, 4.69) is 39.4 Å². The Morgan fingerprint density at radius 3 is 2.31 bits per heavy atom. The van der Waals surface area contributed by atoms with Gasteiger partial charge in [0.05, 0.1) is 18.0 Å². The van der Waals surface area contributed by atoms with Crippen LogP contribution in [0, 0.1) is 0 Å². The Bertz CT molecular complexity index is 826. The minimum absolute atomic E-state index is 0. The summed E-state index contributed by atoms with van der Waals surface area (Å²) in [5, 5.41) is 6.54. The van der Waals surface area contributed by atoms with Gasteiger partial charge >= 0.3 is 0 Å². The monoisotopic (exact) mass is 488 g/mol. The summed E-state index contributed by atoms with van der Waals surface area (Å²) in [5.74, 6) is 0.644. The first-order chi connectivity index (χ1) is 11.9. The number of hydrogen-bond donors (Lipinski definition) is 3. The molecule has 26 heavy (non-hydrogen) atoms. The van der Waals surface area contributed by atoms with E-state index in [1.165, 1.54) is 0 Å². The van der Waals surface area contributed by atoms with Crippen molar-refractivity contribution in [3.05, 3.63) is 65.7 Å². The highest BCUT2D eigenvalue weighted by atomic mass is 127. The molecule has 0 fully saturated rings. The second kappa shape index (κ2) is 10.4. The van der Waals surface area contributed by atoms with E-state index in [-0.39, 0.29) is 30.0 Å². The van der Waals surface area contributed by atoms with Gasteiger partial charge in [-0.05, 0) is 24.1 Å². The van der Waals surface area contributed by atoms with Crippen LogP contribution < -0.4 is 15.4 Å². The highest BCUT2D eigenvalue weighted by Crippen LogP contribution is 2.16. The lowest BCUT2D eigenvalue weighted by molar-refractivity contribution is 0.606. The lowest BCUT2D eigenvalue weighted by Gasteiger charge is -2.19. The second-order valence-corrected chi connectivity index (χ2v) is 7.48. The summed E-state index contributed by atoms with van der Waals surface area (Å²) in [6.07, 6.45) is 1.14. The zero-order valence-electron chi connectivity index (χ0n) is 15.1. The number of aliphatic imine (C=N–C) groups is 1. The van der Waals surface area contributed by atoms with Gasteiger partial charge in [-0.15, -0.1) is 24.0 Å². The molecule has 2 aromatic carbocycles. The highest BCUT2D eigenvalue weighted by Gasteiger charge is 2.10. The Labute approximate surface area is 172 Å². The molecule has 142 valence electrons. The molecular weight excluding hydrogens is 463 g/mol. The van der Waals surface area contributed by atoms with Crippen molar-refractivity contribution in [3.63, 3.8) is 0 Å². The van der Waals surface area contributed by atoms with E-state index < -0.39 is 10.0 Å². The summed E-state index contributed by atoms with van der Waals surface area (Å²) in [6, 6.07) is 17.4. The Kier molecular flexibility index (Phi) is 8.86. The van der Waals surface area contributed by atoms with Crippen molar-refractivity contribution in [1.82, 2.24) is 10.6 Å². The summed E-state index contributed by atoms with van der Waals surface area (Å²) in [4.78, 5) is 4.23. The van der Waals surface area contributed by atoms with Crippen LogP contribution in [0.1, 0.15) is 24.1 Å². The molecule has 0 aliphatic rings. The molecule has 3 N–H and O–H groups in total. The topological polar surface area (TPSA) is 82.6 Å². The average molecular weight is 488 g/mol. The first kappa shape index (κ1) is 22.2. The molecule has 0 heterocycles. The maximum atomic E-state index is 11.5. The third kappa shape index (κ3) is 7.20. The van der Waals surface area contributed by atoms with Crippen LogP contribution in [-0.2, 0) is 16.6 Å². The molecule has 0 saturated heterocycles. The van der Waals surface area contributed by atoms with Gasteiger partial charge in [0.2, 0.25) is 10.0 Å². The van der Waals surface area contributed by atoms with Crippen molar-refractivity contribution in [3.8, 4) is 0 Å². The third-order valence-electron chi connectivity index (χ3n) is 3.64. The van der Waals surface area contributed by atoms with E-state index in [1.54, 1.807) is 19.2 Å². The quantitative estimate of drug-likeness (QED) is 0.332. The van der Waals surface area contributed by atoms with Crippen LogP contribution in [0.4, 0.5) is 5.69 Å². The minimum atomic E-state index is -3.32. The average Bonchev–Trinajstić information content (AvgIpc) is 2.59. The number of hydrogen-bond acceptors (Lipinski definition) is 3. The third-order valence-corrected chi connectivity index (χ3v) is 4.23. The van der Waals surface area contributed by atoms with Crippen LogP contribution in [0.2, 0.25) is 0 Å². The maximum absolute atomic E-state index is 11.5. The zero-order chi connectivity index (χ0) is 18.3. The van der Waals surface area contributed by atoms with Crippen molar-refractivity contribution in [2.45, 2.75) is 19.5 Å². The van der Waals surface area contributed by atoms with Crippen molar-refractivity contribution in [2.75, 3.05) is 18.0 Å². The van der Waals surface area contributed by atoms with Crippen LogP contribution in [-0.4, -0.2) is 27.7 Å². The number of nitrogens with one attached hydrogen (secondary N) is 3. The Morgan fingerprint density at radius 2 is 1.69 bits per heavy atom. The number of halogens is 1. The Morgan fingerprint density at radius 1 is 1.08 bits per heavy atom. The molecule has 1 unspecified atom stereocenters. The smallest absolute Gasteiger partial charge is 0.229 e. The zero-order valence-corrected chi connectivity index (χ0v) is 18.2. The largest absolute Gasteiger partial charge is 0.352 e. The minimum Gasteiger partial charge on any atom is -0.352 e. The summed E-state index contributed by atoms with van der Waals surface area (Å²) in [6.45, 7) is 2.50. The first-order valence-electron chi connectivity index (χ1n) is 7.97. The number of guanidine groups is 1. The van der Waals surface area contributed by atoms with Crippen LogP contribution in [0.5, 0.6) is 0 Å². The highest BCUT2D eigenvalue weighted by molar-refractivity contribution is 14.0. The van der Waals surface area contributed by atoms with E-state index in [4.69, 9.17) is 0 Å². The van der Waals surface area contributed by atoms with E-state index in [0.29, 0.717) is 18.2 Å². The summed E-state index contributed by atoms with van der Waals surface area (Å²) >= 11 is 0. The fourth-order valence-corrected chi connectivity index (χ4v) is 2.98. The summed E-state index contributed by atoms with van der Waals surface area (Å²) in [5.41, 5.74) is 2.55. The van der Waals surface area contributed by atoms with Crippen molar-refractivity contribution >= 4 is 45.6 Å².